The van der Waals surface area contributed by atoms with Gasteiger partial charge in [-0.15, -0.1) is 0 Å². The molecule has 0 saturated carbocycles. The van der Waals surface area contributed by atoms with Crippen LogP contribution in [0.1, 0.15) is 285 Å². The minimum atomic E-state index is -1.14. The summed E-state index contributed by atoms with van der Waals surface area (Å²) >= 11 is 0. The summed E-state index contributed by atoms with van der Waals surface area (Å²) in [7, 11) is -1.14. The predicted molar refractivity (Wildman–Crippen MR) is 235 cm³/mol. The van der Waals surface area contributed by atoms with Crippen LogP contribution >= 0.6 is 7.26 Å². The van der Waals surface area contributed by atoms with Gasteiger partial charge in [0.2, 0.25) is 0 Å². The zero-order chi connectivity index (χ0) is 35.6. The second kappa shape index (κ2) is 42.8. The van der Waals surface area contributed by atoms with Crippen molar-refractivity contribution in [2.75, 3.05) is 24.6 Å². The van der Waals surface area contributed by atoms with Gasteiger partial charge in [-0.05, 0) is 0 Å². The normalized spacial score (nSPS) is 12.3. The molecule has 0 aromatic carbocycles. The summed E-state index contributed by atoms with van der Waals surface area (Å²) in [4.78, 5) is 0. The quantitative estimate of drug-likeness (QED) is 0.0437. The number of unbranched alkanes of at least 4 members (excludes halogenated alkanes) is 36. The van der Waals surface area contributed by atoms with E-state index < -0.39 is 7.26 Å². The van der Waals surface area contributed by atoms with Gasteiger partial charge in [0.1, 0.15) is 0 Å². The number of hydrogen-bond donors (Lipinski definition) is 0. The van der Waals surface area contributed by atoms with Crippen molar-refractivity contribution in [3.05, 3.63) is 0 Å². The van der Waals surface area contributed by atoms with Gasteiger partial charge in [0.25, 0.3) is 0 Å². The van der Waals surface area contributed by atoms with E-state index in [4.69, 9.17) is 0 Å². The molecule has 0 N–H and O–H groups in total. The van der Waals surface area contributed by atoms with E-state index in [1.54, 1.807) is 50.3 Å². The third-order valence-corrected chi connectivity index (χ3v) is 17.9. The molecule has 0 unspecified atom stereocenters. The van der Waals surface area contributed by atoms with Gasteiger partial charge in [0.05, 0.1) is 0 Å². The van der Waals surface area contributed by atoms with Crippen molar-refractivity contribution in [3.8, 4) is 0 Å². The topological polar surface area (TPSA) is 0 Å². The molecule has 0 heterocycles. The summed E-state index contributed by atoms with van der Waals surface area (Å²) in [5, 5.41) is 0. The molecule has 0 amide bonds. The molecule has 0 rings (SSSR count). The van der Waals surface area contributed by atoms with Crippen molar-refractivity contribution in [2.24, 2.45) is 0 Å². The molecule has 298 valence electrons. The first-order valence-corrected chi connectivity index (χ1v) is 27.1. The van der Waals surface area contributed by atoms with Gasteiger partial charge < -0.3 is 0 Å². The Balaban J connectivity index is 4.63. The van der Waals surface area contributed by atoms with Gasteiger partial charge in [-0.3, -0.25) is 0 Å². The Bertz CT molecular complexity index is 500. The van der Waals surface area contributed by atoms with Crippen LogP contribution in [0, 0.1) is 0 Å². The van der Waals surface area contributed by atoms with Gasteiger partial charge in [-0.1, -0.05) is 40.0 Å². The number of hydrogen-bond acceptors (Lipinski definition) is 0. The van der Waals surface area contributed by atoms with E-state index in [2.05, 4.69) is 27.7 Å². The Labute approximate surface area is 315 Å². The van der Waals surface area contributed by atoms with Gasteiger partial charge in [0, 0.05) is 0 Å². The van der Waals surface area contributed by atoms with Crippen LogP contribution in [-0.4, -0.2) is 24.6 Å². The molecule has 0 aliphatic rings. The second-order valence-corrected chi connectivity index (χ2v) is 22.2. The fourth-order valence-electron chi connectivity index (χ4n) is 8.70. The fraction of sp³-hybridized carbons (Fsp3) is 1.00. The molecule has 0 spiro atoms. The molecule has 0 atom stereocenters. The molecule has 0 fully saturated rings. The van der Waals surface area contributed by atoms with Crippen molar-refractivity contribution in [2.45, 2.75) is 285 Å². The first-order valence-electron chi connectivity index (χ1n) is 24.2. The Morgan fingerprint density at radius 2 is 0.286 bits per heavy atom. The van der Waals surface area contributed by atoms with E-state index in [9.17, 15) is 0 Å². The van der Waals surface area contributed by atoms with Crippen LogP contribution in [0.3, 0.4) is 0 Å². The summed E-state index contributed by atoms with van der Waals surface area (Å²) in [6.45, 7) is 9.39. The zero-order valence-corrected chi connectivity index (χ0v) is 36.6. The average Bonchev–Trinajstić information content (AvgIpc) is 3.11. The standard InChI is InChI=1S/C48H101P/c1-5-9-13-17-20-23-26-29-32-35-38-42-46-49(45-41-16-12-8-4,47-43-39-36-33-30-27-24-21-18-14-10-6-2)48-44-40-37-34-31-28-25-22-19-15-11-7-3/h49H,5-48H2,1-4H3. The van der Waals surface area contributed by atoms with Gasteiger partial charge >= 0.3 is 276 Å². The molecule has 49 heavy (non-hydrogen) atoms. The molecule has 0 aromatic heterocycles. The molecule has 0 bridgehead atoms. The van der Waals surface area contributed by atoms with E-state index in [0.29, 0.717) is 0 Å². The van der Waals surface area contributed by atoms with Crippen LogP contribution in [0.4, 0.5) is 0 Å². The van der Waals surface area contributed by atoms with Crippen molar-refractivity contribution >= 4 is 7.26 Å². The van der Waals surface area contributed by atoms with Crippen LogP contribution in [-0.2, 0) is 0 Å². The predicted octanol–water partition coefficient (Wildman–Crippen LogP) is 18.4. The molecule has 1 heteroatoms. The molecule has 0 radical (unpaired) electrons. The first kappa shape index (κ1) is 49.4. The van der Waals surface area contributed by atoms with Crippen LogP contribution in [0.5, 0.6) is 0 Å². The fourth-order valence-corrected chi connectivity index (χ4v) is 14.2. The van der Waals surface area contributed by atoms with E-state index in [-0.39, 0.29) is 0 Å². The molecule has 0 saturated heterocycles. The van der Waals surface area contributed by atoms with Crippen LogP contribution in [0.2, 0.25) is 0 Å². The van der Waals surface area contributed by atoms with Crippen LogP contribution < -0.4 is 0 Å². The van der Waals surface area contributed by atoms with E-state index in [1.807, 2.05) is 0 Å². The summed E-state index contributed by atoms with van der Waals surface area (Å²) < 4.78 is 0. The molecule has 0 aromatic rings. The van der Waals surface area contributed by atoms with Gasteiger partial charge in [-0.2, -0.15) is 0 Å². The van der Waals surface area contributed by atoms with Gasteiger partial charge in [0.15, 0.2) is 0 Å². The molecule has 0 aliphatic carbocycles. The summed E-state index contributed by atoms with van der Waals surface area (Å²) in [6, 6.07) is 0. The molecule has 0 aliphatic heterocycles. The van der Waals surface area contributed by atoms with Crippen LogP contribution in [0.15, 0.2) is 0 Å². The van der Waals surface area contributed by atoms with Crippen molar-refractivity contribution in [3.63, 3.8) is 0 Å². The Morgan fingerprint density at radius 1 is 0.163 bits per heavy atom. The van der Waals surface area contributed by atoms with E-state index in [1.165, 1.54) is 231 Å². The Morgan fingerprint density at radius 3 is 0.449 bits per heavy atom. The summed E-state index contributed by atoms with van der Waals surface area (Å²) in [5.74, 6) is 0. The number of rotatable bonds is 44. The second-order valence-electron chi connectivity index (χ2n) is 17.2. The van der Waals surface area contributed by atoms with Crippen molar-refractivity contribution in [1.29, 1.82) is 0 Å². The first-order chi connectivity index (χ1) is 24.2. The zero-order valence-electron chi connectivity index (χ0n) is 35.6. The maximum absolute atomic E-state index is 2.40. The van der Waals surface area contributed by atoms with Crippen molar-refractivity contribution in [1.82, 2.24) is 0 Å². The monoisotopic (exact) mass is 709 g/mol. The average molecular weight is 709 g/mol. The smallest absolute Gasteiger partial charge is 0.0654 e. The van der Waals surface area contributed by atoms with Gasteiger partial charge in [-0.25, -0.2) is 0 Å². The Hall–Kier alpha value is 0.430. The Kier molecular flexibility index (Phi) is 43.2. The summed E-state index contributed by atoms with van der Waals surface area (Å²) in [5.41, 5.74) is 0. The summed E-state index contributed by atoms with van der Waals surface area (Å²) in [6.07, 6.45) is 66.4. The third kappa shape index (κ3) is 38.0. The SMILES string of the molecule is CCCCCCCCCCCCCC[PH](CCCCCC)(CCCCCCCCCCCCCC)CCCCCCCCCCCCCC. The van der Waals surface area contributed by atoms with Crippen molar-refractivity contribution < 1.29 is 0 Å². The van der Waals surface area contributed by atoms with Crippen LogP contribution in [0.25, 0.3) is 0 Å². The van der Waals surface area contributed by atoms with E-state index >= 15 is 0 Å². The minimum absolute atomic E-state index is 1.14. The maximum atomic E-state index is 2.40. The molecule has 0 nitrogen and oxygen atoms in total. The molecular weight excluding hydrogens is 608 g/mol. The van der Waals surface area contributed by atoms with E-state index in [0.717, 1.165) is 0 Å². The minimum Gasteiger partial charge on any atom is -0.0654 e. The molecular formula is C48H101P. The third-order valence-electron chi connectivity index (χ3n) is 12.2.